The van der Waals surface area contributed by atoms with E-state index in [0.717, 1.165) is 6.42 Å². The van der Waals surface area contributed by atoms with Crippen LogP contribution in [-0.4, -0.2) is 28.2 Å². The third kappa shape index (κ3) is 2.16. The van der Waals surface area contributed by atoms with Crippen molar-refractivity contribution in [2.75, 3.05) is 38.0 Å². The first kappa shape index (κ1) is 13.4. The number of hydrogen-bond donors (Lipinski definition) is 0. The third-order valence-corrected chi connectivity index (χ3v) is 4.93. The summed E-state index contributed by atoms with van der Waals surface area (Å²) in [4.78, 5) is 7.21. The fourth-order valence-corrected chi connectivity index (χ4v) is 3.87. The predicted molar refractivity (Wildman–Crippen MR) is 88.5 cm³/mol. The minimum atomic E-state index is 1.02. The van der Waals surface area contributed by atoms with Crippen LogP contribution < -0.4 is 9.80 Å². The maximum absolute atomic E-state index is 2.26. The van der Waals surface area contributed by atoms with Gasteiger partial charge >= 0.3 is 0 Å². The Hall–Kier alpha value is -1.61. The zero-order valence-electron chi connectivity index (χ0n) is 12.5. The Morgan fingerprint density at radius 3 is 2.30 bits per heavy atom. The molecule has 0 aliphatic carbocycles. The van der Waals surface area contributed by atoms with E-state index in [9.17, 15) is 0 Å². The molecule has 0 aromatic heterocycles. The summed E-state index contributed by atoms with van der Waals surface area (Å²) in [5.41, 5.74) is 5.51. The van der Waals surface area contributed by atoms with Crippen LogP contribution in [0.15, 0.2) is 46.2 Å². The molecule has 1 aliphatic rings. The molecule has 104 valence electrons. The molecule has 3 rings (SSSR count). The molecule has 1 heterocycles. The van der Waals surface area contributed by atoms with Gasteiger partial charge in [-0.1, -0.05) is 30.0 Å². The maximum Gasteiger partial charge on any atom is 0.0646 e. The molecule has 0 radical (unpaired) electrons. The Labute approximate surface area is 125 Å². The number of benzene rings is 2. The van der Waals surface area contributed by atoms with Gasteiger partial charge in [-0.2, -0.15) is 0 Å². The standard InChI is InChI=1S/C17H20N2S/c1-18(2)14-9-10-16-13(17(14)19(3)4)11-12-7-5-6-8-15(12)20-16/h5-10H,11H2,1-4H3. The topological polar surface area (TPSA) is 6.48 Å². The largest absolute Gasteiger partial charge is 0.376 e. The van der Waals surface area contributed by atoms with Crippen molar-refractivity contribution in [2.24, 2.45) is 0 Å². The van der Waals surface area contributed by atoms with Crippen LogP contribution in [0.3, 0.4) is 0 Å². The number of anilines is 2. The molecule has 0 saturated heterocycles. The molecule has 0 unspecified atom stereocenters. The molecular weight excluding hydrogens is 264 g/mol. The number of fused-ring (bicyclic) bond motifs is 2. The molecular formula is C17H20N2S. The smallest absolute Gasteiger partial charge is 0.0646 e. The van der Waals surface area contributed by atoms with Crippen molar-refractivity contribution in [1.82, 2.24) is 0 Å². The van der Waals surface area contributed by atoms with Gasteiger partial charge in [-0.05, 0) is 29.3 Å². The van der Waals surface area contributed by atoms with Gasteiger partial charge < -0.3 is 9.80 Å². The molecule has 2 aromatic carbocycles. The van der Waals surface area contributed by atoms with E-state index in [1.54, 1.807) is 0 Å². The number of nitrogens with zero attached hydrogens (tertiary/aromatic N) is 2. The van der Waals surface area contributed by atoms with Crippen molar-refractivity contribution in [1.29, 1.82) is 0 Å². The normalized spacial score (nSPS) is 12.6. The first-order valence-corrected chi connectivity index (χ1v) is 7.66. The van der Waals surface area contributed by atoms with Gasteiger partial charge in [0.2, 0.25) is 0 Å². The van der Waals surface area contributed by atoms with Crippen LogP contribution in [-0.2, 0) is 6.42 Å². The van der Waals surface area contributed by atoms with Gasteiger partial charge in [0.15, 0.2) is 0 Å². The SMILES string of the molecule is CN(C)c1ccc2c(c1N(C)C)Cc1ccccc1S2. The number of rotatable bonds is 2. The van der Waals surface area contributed by atoms with Gasteiger partial charge in [0.05, 0.1) is 11.4 Å². The highest BCUT2D eigenvalue weighted by atomic mass is 32.2. The molecule has 0 atom stereocenters. The zero-order valence-corrected chi connectivity index (χ0v) is 13.3. The van der Waals surface area contributed by atoms with Crippen molar-refractivity contribution < 1.29 is 0 Å². The Kier molecular flexibility index (Phi) is 3.38. The lowest BCUT2D eigenvalue weighted by Gasteiger charge is -2.29. The molecule has 2 nitrogen and oxygen atoms in total. The molecule has 0 saturated carbocycles. The molecule has 0 spiro atoms. The van der Waals surface area contributed by atoms with Crippen molar-refractivity contribution in [3.8, 4) is 0 Å². The molecule has 0 bridgehead atoms. The predicted octanol–water partition coefficient (Wildman–Crippen LogP) is 3.87. The molecule has 0 amide bonds. The second-order valence-electron chi connectivity index (χ2n) is 5.59. The highest BCUT2D eigenvalue weighted by Gasteiger charge is 2.22. The van der Waals surface area contributed by atoms with Crippen LogP contribution in [0, 0.1) is 0 Å². The van der Waals surface area contributed by atoms with E-state index < -0.39 is 0 Å². The van der Waals surface area contributed by atoms with E-state index in [4.69, 9.17) is 0 Å². The summed E-state index contributed by atoms with van der Waals surface area (Å²) in [6.45, 7) is 0. The molecule has 20 heavy (non-hydrogen) atoms. The Morgan fingerprint density at radius 1 is 0.850 bits per heavy atom. The fraction of sp³-hybridized carbons (Fsp3) is 0.294. The van der Waals surface area contributed by atoms with Crippen molar-refractivity contribution in [2.45, 2.75) is 16.2 Å². The fourth-order valence-electron chi connectivity index (χ4n) is 2.79. The maximum atomic E-state index is 2.26. The van der Waals surface area contributed by atoms with Crippen LogP contribution in [0.1, 0.15) is 11.1 Å². The average molecular weight is 284 g/mol. The van der Waals surface area contributed by atoms with Gasteiger partial charge in [-0.3, -0.25) is 0 Å². The lowest BCUT2D eigenvalue weighted by molar-refractivity contribution is 0.995. The lowest BCUT2D eigenvalue weighted by atomic mass is 10.0. The van der Waals surface area contributed by atoms with E-state index in [2.05, 4.69) is 74.4 Å². The summed E-state index contributed by atoms with van der Waals surface area (Å²) in [5, 5.41) is 0. The van der Waals surface area contributed by atoms with Crippen LogP contribution >= 0.6 is 11.8 Å². The first-order chi connectivity index (χ1) is 9.58. The van der Waals surface area contributed by atoms with Gasteiger partial charge in [0, 0.05) is 44.4 Å². The Balaban J connectivity index is 2.16. The van der Waals surface area contributed by atoms with Crippen molar-refractivity contribution in [3.63, 3.8) is 0 Å². The van der Waals surface area contributed by atoms with E-state index in [0.29, 0.717) is 0 Å². The van der Waals surface area contributed by atoms with Gasteiger partial charge in [0.25, 0.3) is 0 Å². The van der Waals surface area contributed by atoms with E-state index >= 15 is 0 Å². The number of hydrogen-bond acceptors (Lipinski definition) is 3. The van der Waals surface area contributed by atoms with Gasteiger partial charge in [0.1, 0.15) is 0 Å². The lowest BCUT2D eigenvalue weighted by Crippen LogP contribution is -2.19. The summed E-state index contributed by atoms with van der Waals surface area (Å²) >= 11 is 1.89. The molecule has 3 heteroatoms. The summed E-state index contributed by atoms with van der Waals surface area (Å²) in [7, 11) is 8.48. The highest BCUT2D eigenvalue weighted by Crippen LogP contribution is 2.45. The van der Waals surface area contributed by atoms with E-state index in [-0.39, 0.29) is 0 Å². The molecule has 0 fully saturated rings. The molecule has 2 aromatic rings. The second kappa shape index (κ2) is 5.06. The molecule has 1 aliphatic heterocycles. The van der Waals surface area contributed by atoms with E-state index in [1.807, 2.05) is 11.8 Å². The minimum Gasteiger partial charge on any atom is -0.376 e. The second-order valence-corrected chi connectivity index (χ2v) is 6.67. The van der Waals surface area contributed by atoms with E-state index in [1.165, 1.54) is 32.3 Å². The van der Waals surface area contributed by atoms with Crippen molar-refractivity contribution >= 4 is 23.1 Å². The highest BCUT2D eigenvalue weighted by molar-refractivity contribution is 7.99. The van der Waals surface area contributed by atoms with Crippen LogP contribution in [0.25, 0.3) is 0 Å². The first-order valence-electron chi connectivity index (χ1n) is 6.84. The Bertz CT molecular complexity index is 647. The Morgan fingerprint density at radius 2 is 1.60 bits per heavy atom. The van der Waals surface area contributed by atoms with Crippen LogP contribution in [0.4, 0.5) is 11.4 Å². The molecule has 0 N–H and O–H groups in total. The summed E-state index contributed by atoms with van der Waals surface area (Å²) in [6, 6.07) is 13.2. The quantitative estimate of drug-likeness (QED) is 0.705. The van der Waals surface area contributed by atoms with Crippen LogP contribution in [0.2, 0.25) is 0 Å². The monoisotopic (exact) mass is 284 g/mol. The minimum absolute atomic E-state index is 1.02. The third-order valence-electron chi connectivity index (χ3n) is 3.71. The summed E-state index contributed by atoms with van der Waals surface area (Å²) < 4.78 is 0. The summed E-state index contributed by atoms with van der Waals surface area (Å²) in [6.07, 6.45) is 1.02. The zero-order chi connectivity index (χ0) is 14.3. The van der Waals surface area contributed by atoms with Crippen molar-refractivity contribution in [3.05, 3.63) is 47.5 Å². The van der Waals surface area contributed by atoms with Crippen LogP contribution in [0.5, 0.6) is 0 Å². The van der Waals surface area contributed by atoms with Gasteiger partial charge in [-0.25, -0.2) is 0 Å². The van der Waals surface area contributed by atoms with Gasteiger partial charge in [-0.15, -0.1) is 0 Å². The average Bonchev–Trinajstić information content (AvgIpc) is 2.43. The summed E-state index contributed by atoms with van der Waals surface area (Å²) in [5.74, 6) is 0.